The zero-order valence-corrected chi connectivity index (χ0v) is 18.2. The highest BCUT2D eigenvalue weighted by molar-refractivity contribution is 6.28. The summed E-state index contributed by atoms with van der Waals surface area (Å²) in [5.74, 6) is 0.122. The van der Waals surface area contributed by atoms with Crippen LogP contribution in [0.2, 0.25) is 5.28 Å². The molecule has 0 saturated heterocycles. The van der Waals surface area contributed by atoms with E-state index in [1.807, 2.05) is 6.92 Å². The summed E-state index contributed by atoms with van der Waals surface area (Å²) in [4.78, 5) is 36.8. The maximum atomic E-state index is 13.9. The molecule has 0 radical (unpaired) electrons. The summed E-state index contributed by atoms with van der Waals surface area (Å²) >= 11 is 5.94. The number of halogens is 2. The van der Waals surface area contributed by atoms with Crippen molar-refractivity contribution < 1.29 is 8.91 Å². The first-order valence-corrected chi connectivity index (χ1v) is 10.8. The monoisotopic (exact) mass is 460 g/mol. The van der Waals surface area contributed by atoms with Crippen molar-refractivity contribution in [3.8, 4) is 11.5 Å². The van der Waals surface area contributed by atoms with Gasteiger partial charge in [0.25, 0.3) is 11.4 Å². The predicted octanol–water partition coefficient (Wildman–Crippen LogP) is 3.55. The molecule has 0 saturated carbocycles. The molecule has 32 heavy (non-hydrogen) atoms. The lowest BCUT2D eigenvalue weighted by molar-refractivity contribution is 0.418. The average molecular weight is 461 g/mol. The van der Waals surface area contributed by atoms with Gasteiger partial charge in [-0.15, -0.1) is 0 Å². The third-order valence-corrected chi connectivity index (χ3v) is 5.35. The second-order valence-corrected chi connectivity index (χ2v) is 7.78. The number of nitrogens with one attached hydrogen (secondary N) is 1. The minimum atomic E-state index is -0.446. The quantitative estimate of drug-likeness (QED) is 0.302. The molecular weight excluding hydrogens is 439 g/mol. The van der Waals surface area contributed by atoms with E-state index in [1.165, 1.54) is 15.2 Å². The number of nitrogens with zero attached hydrogens (tertiary/aromatic N) is 5. The van der Waals surface area contributed by atoms with Gasteiger partial charge in [-0.3, -0.25) is 13.9 Å². The zero-order chi connectivity index (χ0) is 22.7. The SMILES string of the molecule is CCCCn1c(=O)n(CCCCc2noc(-c3ccccc3F)n2)c(=O)c2[nH]c(Cl)nc21. The molecular formula is C21H22ClFN6O3. The first-order valence-electron chi connectivity index (χ1n) is 10.5. The van der Waals surface area contributed by atoms with E-state index in [0.717, 1.165) is 12.8 Å². The van der Waals surface area contributed by atoms with Crippen molar-refractivity contribution in [2.24, 2.45) is 0 Å². The van der Waals surface area contributed by atoms with Gasteiger partial charge < -0.3 is 9.51 Å². The van der Waals surface area contributed by atoms with Gasteiger partial charge in [-0.25, -0.2) is 9.18 Å². The van der Waals surface area contributed by atoms with Crippen molar-refractivity contribution >= 4 is 22.8 Å². The van der Waals surface area contributed by atoms with Gasteiger partial charge >= 0.3 is 5.69 Å². The van der Waals surface area contributed by atoms with E-state index in [9.17, 15) is 14.0 Å². The van der Waals surface area contributed by atoms with E-state index in [0.29, 0.717) is 31.6 Å². The second kappa shape index (κ2) is 9.47. The number of hydrogen-bond acceptors (Lipinski definition) is 6. The van der Waals surface area contributed by atoms with E-state index >= 15 is 0 Å². The molecule has 0 amide bonds. The number of aryl methyl sites for hydroxylation is 2. The Morgan fingerprint density at radius 2 is 1.88 bits per heavy atom. The molecule has 0 aliphatic carbocycles. The third kappa shape index (κ3) is 4.36. The highest BCUT2D eigenvalue weighted by Gasteiger charge is 2.17. The minimum Gasteiger partial charge on any atom is -0.334 e. The summed E-state index contributed by atoms with van der Waals surface area (Å²) in [5, 5.41) is 3.96. The molecule has 1 aromatic carbocycles. The molecule has 3 heterocycles. The summed E-state index contributed by atoms with van der Waals surface area (Å²) in [7, 11) is 0. The standard InChI is InChI=1S/C21H22ClFN6O3/c1-2-3-11-28-17-16(25-20(22)26-17)19(30)29(21(28)31)12-7-6-10-15-24-18(32-27-15)13-8-4-5-9-14(13)23/h4-5,8-9H,2-3,6-7,10-12H2,1H3,(H,25,26). The second-order valence-electron chi connectivity index (χ2n) is 7.42. The topological polar surface area (TPSA) is 112 Å². The number of fused-ring (bicyclic) bond motifs is 1. The van der Waals surface area contributed by atoms with Crippen LogP contribution >= 0.6 is 11.6 Å². The molecule has 3 aromatic heterocycles. The molecule has 0 bridgehead atoms. The van der Waals surface area contributed by atoms with E-state index in [4.69, 9.17) is 16.1 Å². The van der Waals surface area contributed by atoms with Gasteiger partial charge in [0.1, 0.15) is 5.82 Å². The Hall–Kier alpha value is -3.27. The Kier molecular flexibility index (Phi) is 6.50. The van der Waals surface area contributed by atoms with Crippen LogP contribution in [0.4, 0.5) is 4.39 Å². The van der Waals surface area contributed by atoms with Crippen molar-refractivity contribution in [3.63, 3.8) is 0 Å². The Morgan fingerprint density at radius 3 is 2.66 bits per heavy atom. The lowest BCUT2D eigenvalue weighted by atomic mass is 10.2. The van der Waals surface area contributed by atoms with Gasteiger partial charge in [0.05, 0.1) is 5.56 Å². The van der Waals surface area contributed by atoms with E-state index in [-0.39, 0.29) is 34.4 Å². The summed E-state index contributed by atoms with van der Waals surface area (Å²) < 4.78 is 21.7. The fourth-order valence-corrected chi connectivity index (χ4v) is 3.68. The molecule has 4 rings (SSSR count). The number of imidazole rings is 1. The Morgan fingerprint density at radius 1 is 1.09 bits per heavy atom. The van der Waals surface area contributed by atoms with Crippen LogP contribution in [0.15, 0.2) is 38.4 Å². The van der Waals surface area contributed by atoms with Crippen molar-refractivity contribution in [2.75, 3.05) is 0 Å². The van der Waals surface area contributed by atoms with Crippen LogP contribution in [0, 0.1) is 5.82 Å². The van der Waals surface area contributed by atoms with E-state index in [2.05, 4.69) is 20.1 Å². The largest absolute Gasteiger partial charge is 0.334 e. The lowest BCUT2D eigenvalue weighted by Crippen LogP contribution is -2.40. The molecule has 168 valence electrons. The van der Waals surface area contributed by atoms with Gasteiger partial charge in [0, 0.05) is 19.5 Å². The number of rotatable bonds is 9. The number of aromatic amines is 1. The van der Waals surface area contributed by atoms with Gasteiger partial charge in [-0.1, -0.05) is 30.6 Å². The van der Waals surface area contributed by atoms with Crippen LogP contribution in [0.5, 0.6) is 0 Å². The first-order chi connectivity index (χ1) is 15.5. The number of benzene rings is 1. The molecule has 0 fully saturated rings. The Bertz CT molecular complexity index is 1360. The van der Waals surface area contributed by atoms with Crippen LogP contribution in [-0.4, -0.2) is 29.2 Å². The summed E-state index contributed by atoms with van der Waals surface area (Å²) in [6.45, 7) is 2.70. The van der Waals surface area contributed by atoms with Crippen molar-refractivity contribution in [1.29, 1.82) is 0 Å². The number of unbranched alkanes of at least 4 members (excludes halogenated alkanes) is 2. The van der Waals surface area contributed by atoms with Crippen molar-refractivity contribution in [3.05, 3.63) is 62.0 Å². The third-order valence-electron chi connectivity index (χ3n) is 5.17. The highest BCUT2D eigenvalue weighted by atomic mass is 35.5. The molecule has 9 nitrogen and oxygen atoms in total. The van der Waals surface area contributed by atoms with Gasteiger partial charge in [0.15, 0.2) is 17.0 Å². The number of hydrogen-bond donors (Lipinski definition) is 1. The zero-order valence-electron chi connectivity index (χ0n) is 17.5. The summed E-state index contributed by atoms with van der Waals surface area (Å²) in [6.07, 6.45) is 3.29. The normalized spacial score (nSPS) is 11.5. The average Bonchev–Trinajstić information content (AvgIpc) is 3.40. The molecule has 0 aliphatic heterocycles. The maximum absolute atomic E-state index is 13.9. The molecule has 0 unspecified atom stereocenters. The smallest absolute Gasteiger partial charge is 0.332 e. The molecule has 4 aromatic rings. The van der Waals surface area contributed by atoms with Crippen molar-refractivity contribution in [1.82, 2.24) is 29.2 Å². The molecule has 0 atom stereocenters. The number of aromatic nitrogens is 6. The Balaban J connectivity index is 1.47. The molecule has 1 N–H and O–H groups in total. The van der Waals surface area contributed by atoms with Crippen LogP contribution in [-0.2, 0) is 19.5 Å². The van der Waals surface area contributed by atoms with Crippen LogP contribution in [0.25, 0.3) is 22.6 Å². The fourth-order valence-electron chi connectivity index (χ4n) is 3.51. The summed E-state index contributed by atoms with van der Waals surface area (Å²) in [5.41, 5.74) is -0.100. The molecule has 11 heteroatoms. The first kappa shape index (κ1) is 21.9. The van der Waals surface area contributed by atoms with Gasteiger partial charge in [0.2, 0.25) is 5.28 Å². The van der Waals surface area contributed by atoms with E-state index in [1.54, 1.807) is 18.2 Å². The fraction of sp³-hybridized carbons (Fsp3) is 0.381. The van der Waals surface area contributed by atoms with Crippen LogP contribution in [0.1, 0.15) is 38.4 Å². The highest BCUT2D eigenvalue weighted by Crippen LogP contribution is 2.20. The van der Waals surface area contributed by atoms with Crippen LogP contribution < -0.4 is 11.2 Å². The van der Waals surface area contributed by atoms with Gasteiger partial charge in [-0.2, -0.15) is 9.97 Å². The maximum Gasteiger partial charge on any atom is 0.332 e. The summed E-state index contributed by atoms with van der Waals surface area (Å²) in [6, 6.07) is 6.17. The van der Waals surface area contributed by atoms with Crippen LogP contribution in [0.3, 0.4) is 0 Å². The van der Waals surface area contributed by atoms with Gasteiger partial charge in [-0.05, 0) is 43.0 Å². The van der Waals surface area contributed by atoms with E-state index < -0.39 is 17.1 Å². The van der Waals surface area contributed by atoms with Crippen molar-refractivity contribution in [2.45, 2.75) is 52.1 Å². The lowest BCUT2D eigenvalue weighted by Gasteiger charge is -2.10. The number of H-pyrrole nitrogens is 1. The Labute approximate surface area is 186 Å². The predicted molar refractivity (Wildman–Crippen MR) is 117 cm³/mol. The molecule has 0 aliphatic rings. The molecule has 0 spiro atoms. The minimum absolute atomic E-state index is 0.0715.